The number of amides is 1. The standard InChI is InChI=1S/C14H17N3O2/c1-19-13-7-6-12(15-16-13)14(18)17-8-10-4-2-3-5-11(10)9-17/h2-3,6-7,10-11H,4-5,8-9H2,1H3/t10-,11-/m0/s1. The Morgan fingerprint density at radius 3 is 2.42 bits per heavy atom. The van der Waals surface area contributed by atoms with E-state index in [1.54, 1.807) is 12.1 Å². The molecule has 0 saturated carbocycles. The molecule has 5 nitrogen and oxygen atoms in total. The van der Waals surface area contributed by atoms with Crippen LogP contribution in [0.1, 0.15) is 23.3 Å². The molecule has 1 saturated heterocycles. The first kappa shape index (κ1) is 12.1. The van der Waals surface area contributed by atoms with Crippen LogP contribution in [0.2, 0.25) is 0 Å². The third-order valence-corrected chi connectivity index (χ3v) is 3.98. The van der Waals surface area contributed by atoms with E-state index in [9.17, 15) is 4.79 Å². The van der Waals surface area contributed by atoms with Crippen LogP contribution in [0.3, 0.4) is 0 Å². The normalized spacial score (nSPS) is 25.2. The van der Waals surface area contributed by atoms with Crippen LogP contribution in [0.25, 0.3) is 0 Å². The Morgan fingerprint density at radius 2 is 1.89 bits per heavy atom. The SMILES string of the molecule is COc1ccc(C(=O)N2C[C@@H]3CC=CC[C@H]3C2)nn1. The molecule has 1 aromatic heterocycles. The maximum absolute atomic E-state index is 12.4. The van der Waals surface area contributed by atoms with Gasteiger partial charge in [0.1, 0.15) is 0 Å². The Hall–Kier alpha value is -1.91. The van der Waals surface area contributed by atoms with Crippen LogP contribution in [-0.2, 0) is 0 Å². The number of methoxy groups -OCH3 is 1. The number of aromatic nitrogens is 2. The fraction of sp³-hybridized carbons (Fsp3) is 0.500. The molecule has 0 unspecified atom stereocenters. The minimum Gasteiger partial charge on any atom is -0.480 e. The lowest BCUT2D eigenvalue weighted by atomic mass is 9.86. The van der Waals surface area contributed by atoms with Crippen LogP contribution in [0, 0.1) is 11.8 Å². The Labute approximate surface area is 112 Å². The molecule has 3 rings (SSSR count). The van der Waals surface area contributed by atoms with E-state index in [1.807, 2.05) is 4.90 Å². The van der Waals surface area contributed by atoms with Crippen molar-refractivity contribution in [2.45, 2.75) is 12.8 Å². The summed E-state index contributed by atoms with van der Waals surface area (Å²) in [5.41, 5.74) is 0.396. The summed E-state index contributed by atoms with van der Waals surface area (Å²) in [6.45, 7) is 1.67. The van der Waals surface area contributed by atoms with Crippen molar-refractivity contribution in [1.29, 1.82) is 0 Å². The molecule has 2 heterocycles. The molecule has 0 aromatic carbocycles. The fourth-order valence-electron chi connectivity index (χ4n) is 2.89. The molecule has 0 bridgehead atoms. The molecule has 0 N–H and O–H groups in total. The second-order valence-electron chi connectivity index (χ2n) is 5.13. The zero-order valence-corrected chi connectivity index (χ0v) is 11.0. The van der Waals surface area contributed by atoms with E-state index in [0.29, 0.717) is 23.4 Å². The zero-order valence-electron chi connectivity index (χ0n) is 11.0. The number of rotatable bonds is 2. The molecule has 1 aliphatic carbocycles. The van der Waals surface area contributed by atoms with Crippen molar-refractivity contribution in [3.05, 3.63) is 30.0 Å². The monoisotopic (exact) mass is 259 g/mol. The minimum absolute atomic E-state index is 0.0236. The third kappa shape index (κ3) is 2.32. The summed E-state index contributed by atoms with van der Waals surface area (Å²) in [6.07, 6.45) is 6.62. The van der Waals surface area contributed by atoms with Crippen molar-refractivity contribution in [2.75, 3.05) is 20.2 Å². The second-order valence-corrected chi connectivity index (χ2v) is 5.13. The summed E-state index contributed by atoms with van der Waals surface area (Å²) >= 11 is 0. The summed E-state index contributed by atoms with van der Waals surface area (Å²) in [6, 6.07) is 3.35. The van der Waals surface area contributed by atoms with Gasteiger partial charge >= 0.3 is 0 Å². The Balaban J connectivity index is 1.70. The lowest BCUT2D eigenvalue weighted by molar-refractivity contribution is 0.0777. The molecule has 1 aliphatic heterocycles. The summed E-state index contributed by atoms with van der Waals surface area (Å²) in [7, 11) is 1.53. The molecule has 2 atom stereocenters. The Morgan fingerprint density at radius 1 is 1.21 bits per heavy atom. The van der Waals surface area contributed by atoms with Gasteiger partial charge < -0.3 is 9.64 Å². The number of hydrogen-bond acceptors (Lipinski definition) is 4. The van der Waals surface area contributed by atoms with E-state index in [0.717, 1.165) is 25.9 Å². The predicted molar refractivity (Wildman–Crippen MR) is 69.8 cm³/mol. The number of fused-ring (bicyclic) bond motifs is 1. The van der Waals surface area contributed by atoms with Crippen molar-refractivity contribution in [2.24, 2.45) is 11.8 Å². The van der Waals surface area contributed by atoms with E-state index in [4.69, 9.17) is 4.74 Å². The number of carbonyl (C=O) groups excluding carboxylic acids is 1. The number of carbonyl (C=O) groups is 1. The highest BCUT2D eigenvalue weighted by Gasteiger charge is 2.35. The lowest BCUT2D eigenvalue weighted by Gasteiger charge is -2.17. The molecule has 1 aromatic rings. The topological polar surface area (TPSA) is 55.3 Å². The van der Waals surface area contributed by atoms with E-state index in [-0.39, 0.29) is 5.91 Å². The van der Waals surface area contributed by atoms with Crippen LogP contribution in [0.4, 0.5) is 0 Å². The maximum Gasteiger partial charge on any atom is 0.274 e. The van der Waals surface area contributed by atoms with Gasteiger partial charge in [0.05, 0.1) is 7.11 Å². The first-order valence-electron chi connectivity index (χ1n) is 6.60. The van der Waals surface area contributed by atoms with Gasteiger partial charge in [-0.15, -0.1) is 10.2 Å². The van der Waals surface area contributed by atoms with Crippen molar-refractivity contribution in [1.82, 2.24) is 15.1 Å². The van der Waals surface area contributed by atoms with Crippen LogP contribution in [-0.4, -0.2) is 41.2 Å². The first-order valence-corrected chi connectivity index (χ1v) is 6.60. The number of hydrogen-bond donors (Lipinski definition) is 0. The smallest absolute Gasteiger partial charge is 0.274 e. The van der Waals surface area contributed by atoms with E-state index < -0.39 is 0 Å². The molecule has 1 fully saturated rings. The van der Waals surface area contributed by atoms with E-state index >= 15 is 0 Å². The van der Waals surface area contributed by atoms with Gasteiger partial charge in [-0.25, -0.2) is 0 Å². The highest BCUT2D eigenvalue weighted by Crippen LogP contribution is 2.33. The van der Waals surface area contributed by atoms with Gasteiger partial charge in [-0.3, -0.25) is 4.79 Å². The molecule has 0 spiro atoms. The molecule has 0 radical (unpaired) electrons. The highest BCUT2D eigenvalue weighted by molar-refractivity contribution is 5.92. The van der Waals surface area contributed by atoms with Crippen LogP contribution >= 0.6 is 0 Å². The minimum atomic E-state index is -0.0236. The summed E-state index contributed by atoms with van der Waals surface area (Å²) in [5.74, 6) is 1.63. The average molecular weight is 259 g/mol. The molecule has 100 valence electrons. The molecular weight excluding hydrogens is 242 g/mol. The van der Waals surface area contributed by atoms with Crippen LogP contribution < -0.4 is 4.74 Å². The summed E-state index contributed by atoms with van der Waals surface area (Å²) in [4.78, 5) is 14.3. The zero-order chi connectivity index (χ0) is 13.2. The summed E-state index contributed by atoms with van der Waals surface area (Å²) < 4.78 is 4.94. The summed E-state index contributed by atoms with van der Waals surface area (Å²) in [5, 5.41) is 7.78. The van der Waals surface area contributed by atoms with Gasteiger partial charge in [-0.1, -0.05) is 12.2 Å². The maximum atomic E-state index is 12.4. The molecular formula is C14H17N3O2. The van der Waals surface area contributed by atoms with Gasteiger partial charge in [0.15, 0.2) is 5.69 Å². The van der Waals surface area contributed by atoms with Crippen molar-refractivity contribution in [3.8, 4) is 5.88 Å². The second kappa shape index (κ2) is 4.99. The number of ether oxygens (including phenoxy) is 1. The van der Waals surface area contributed by atoms with Gasteiger partial charge in [0, 0.05) is 19.2 Å². The molecule has 5 heteroatoms. The molecule has 19 heavy (non-hydrogen) atoms. The number of allylic oxidation sites excluding steroid dienone is 2. The highest BCUT2D eigenvalue weighted by atomic mass is 16.5. The predicted octanol–water partition coefficient (Wildman–Crippen LogP) is 1.52. The van der Waals surface area contributed by atoms with Crippen LogP contribution in [0.15, 0.2) is 24.3 Å². The van der Waals surface area contributed by atoms with Crippen molar-refractivity contribution in [3.63, 3.8) is 0 Å². The molecule has 1 amide bonds. The van der Waals surface area contributed by atoms with Gasteiger partial charge in [-0.2, -0.15) is 0 Å². The largest absolute Gasteiger partial charge is 0.480 e. The lowest BCUT2D eigenvalue weighted by Crippen LogP contribution is -2.29. The third-order valence-electron chi connectivity index (χ3n) is 3.98. The molecule has 2 aliphatic rings. The quantitative estimate of drug-likeness (QED) is 0.756. The first-order chi connectivity index (χ1) is 9.28. The Kier molecular flexibility index (Phi) is 3.19. The van der Waals surface area contributed by atoms with E-state index in [1.165, 1.54) is 7.11 Å². The number of likely N-dealkylation sites (tertiary alicyclic amines) is 1. The Bertz CT molecular complexity index is 482. The van der Waals surface area contributed by atoms with Gasteiger partial charge in [0.2, 0.25) is 5.88 Å². The number of nitrogens with zero attached hydrogens (tertiary/aromatic N) is 3. The average Bonchev–Trinajstić information content (AvgIpc) is 2.90. The van der Waals surface area contributed by atoms with Gasteiger partial charge in [0.25, 0.3) is 5.91 Å². The van der Waals surface area contributed by atoms with Crippen molar-refractivity contribution >= 4 is 5.91 Å². The van der Waals surface area contributed by atoms with Crippen LogP contribution in [0.5, 0.6) is 5.88 Å². The van der Waals surface area contributed by atoms with Crippen molar-refractivity contribution < 1.29 is 9.53 Å². The fourth-order valence-corrected chi connectivity index (χ4v) is 2.89. The van der Waals surface area contributed by atoms with E-state index in [2.05, 4.69) is 22.3 Å². The van der Waals surface area contributed by atoms with Gasteiger partial charge in [-0.05, 0) is 30.7 Å².